The predicted molar refractivity (Wildman–Crippen MR) is 114 cm³/mol. The van der Waals surface area contributed by atoms with Crippen LogP contribution < -0.4 is 11.5 Å². The molecule has 0 spiro atoms. The van der Waals surface area contributed by atoms with Crippen molar-refractivity contribution in [1.29, 1.82) is 0 Å². The van der Waals surface area contributed by atoms with Gasteiger partial charge in [-0.05, 0) is 57.8 Å². The second-order valence-electron chi connectivity index (χ2n) is 6.61. The molecule has 0 fully saturated rings. The summed E-state index contributed by atoms with van der Waals surface area (Å²) in [6, 6.07) is 3.53. The molecule has 0 aliphatic heterocycles. The number of aromatic nitrogens is 2. The van der Waals surface area contributed by atoms with Crippen molar-refractivity contribution in [3.8, 4) is 0 Å². The van der Waals surface area contributed by atoms with Crippen LogP contribution in [0.4, 0.5) is 11.4 Å². The molecule has 0 aliphatic rings. The molecule has 0 amide bonds. The number of nitrogens with zero attached hydrogens (tertiary/aromatic N) is 2. The maximum Gasteiger partial charge on any atom is 0.154 e. The standard InChI is InChI=1S/C19H16Br2N4O3/c1-7(18-15(22)9-3-13(20)24-5-11(9)27-18)17(26)8(2)19-16(23)10-4-14(21)25-6-12(10)28-19/h3-8H,22-23H2,1-2H3. The highest BCUT2D eigenvalue weighted by Crippen LogP contribution is 2.39. The number of carbonyl (C=O) groups is 1. The molecule has 0 aromatic carbocycles. The van der Waals surface area contributed by atoms with Gasteiger partial charge in [-0.3, -0.25) is 4.79 Å². The third-order valence-corrected chi connectivity index (χ3v) is 5.73. The number of ketones is 1. The molecule has 4 heterocycles. The normalized spacial score (nSPS) is 13.9. The molecule has 0 radical (unpaired) electrons. The fourth-order valence-electron chi connectivity index (χ4n) is 3.31. The van der Waals surface area contributed by atoms with Crippen LogP contribution in [0.25, 0.3) is 21.9 Å². The Bertz CT molecular complexity index is 1140. The molecule has 28 heavy (non-hydrogen) atoms. The van der Waals surface area contributed by atoms with Crippen molar-refractivity contribution >= 4 is 71.0 Å². The number of pyridine rings is 2. The van der Waals surface area contributed by atoms with Crippen LogP contribution in [0.3, 0.4) is 0 Å². The van der Waals surface area contributed by atoms with E-state index >= 15 is 0 Å². The van der Waals surface area contributed by atoms with Gasteiger partial charge in [-0.25, -0.2) is 9.97 Å². The number of nitrogens with two attached hydrogens (primary N) is 2. The Morgan fingerprint density at radius 1 is 0.893 bits per heavy atom. The van der Waals surface area contributed by atoms with Gasteiger partial charge < -0.3 is 20.3 Å². The van der Waals surface area contributed by atoms with E-state index in [0.29, 0.717) is 54.0 Å². The molecule has 7 nitrogen and oxygen atoms in total. The summed E-state index contributed by atoms with van der Waals surface area (Å²) in [5, 5.41) is 1.42. The number of anilines is 2. The Morgan fingerprint density at radius 3 is 1.68 bits per heavy atom. The number of halogens is 2. The number of fused-ring (bicyclic) bond motifs is 2. The van der Waals surface area contributed by atoms with E-state index in [2.05, 4.69) is 41.8 Å². The minimum absolute atomic E-state index is 0.115. The van der Waals surface area contributed by atoms with Crippen LogP contribution in [0, 0.1) is 0 Å². The van der Waals surface area contributed by atoms with E-state index in [9.17, 15) is 4.79 Å². The first-order valence-corrected chi connectivity index (χ1v) is 10.1. The van der Waals surface area contributed by atoms with E-state index in [1.807, 2.05) is 0 Å². The number of carbonyl (C=O) groups excluding carboxylic acids is 1. The third kappa shape index (κ3) is 2.98. The van der Waals surface area contributed by atoms with E-state index in [1.54, 1.807) is 38.4 Å². The van der Waals surface area contributed by atoms with E-state index in [1.165, 1.54) is 0 Å². The molecule has 9 heteroatoms. The van der Waals surface area contributed by atoms with Gasteiger partial charge in [0.2, 0.25) is 0 Å². The first-order chi connectivity index (χ1) is 13.3. The van der Waals surface area contributed by atoms with Crippen LogP contribution >= 0.6 is 31.9 Å². The SMILES string of the molecule is CC(C(=O)C(C)c1oc2cnc(Br)cc2c1N)c1oc2cnc(Br)cc2c1N. The molecule has 4 aromatic heterocycles. The molecular formula is C19H16Br2N4O3. The lowest BCUT2D eigenvalue weighted by Crippen LogP contribution is -2.17. The lowest BCUT2D eigenvalue weighted by atomic mass is 9.90. The number of hydrogen-bond acceptors (Lipinski definition) is 7. The summed E-state index contributed by atoms with van der Waals surface area (Å²) in [4.78, 5) is 21.4. The first kappa shape index (κ1) is 18.9. The van der Waals surface area contributed by atoms with Crippen molar-refractivity contribution in [2.24, 2.45) is 0 Å². The zero-order valence-corrected chi connectivity index (χ0v) is 18.2. The lowest BCUT2D eigenvalue weighted by molar-refractivity contribution is -0.121. The van der Waals surface area contributed by atoms with Crippen molar-refractivity contribution in [3.63, 3.8) is 0 Å². The van der Waals surface area contributed by atoms with Crippen LogP contribution in [0.5, 0.6) is 0 Å². The van der Waals surface area contributed by atoms with Crippen molar-refractivity contribution in [2.75, 3.05) is 11.5 Å². The maximum absolute atomic E-state index is 13.2. The van der Waals surface area contributed by atoms with Gasteiger partial charge in [0.05, 0.1) is 35.6 Å². The summed E-state index contributed by atoms with van der Waals surface area (Å²) in [5.74, 6) is -0.468. The summed E-state index contributed by atoms with van der Waals surface area (Å²) < 4.78 is 12.9. The number of Topliss-reactive ketones (excluding diaryl/α,β-unsaturated/α-hetero) is 1. The highest BCUT2D eigenvalue weighted by Gasteiger charge is 2.31. The van der Waals surface area contributed by atoms with Crippen molar-refractivity contribution in [3.05, 3.63) is 45.3 Å². The van der Waals surface area contributed by atoms with Crippen LogP contribution in [0.15, 0.2) is 42.6 Å². The topological polar surface area (TPSA) is 121 Å². The number of nitrogen functional groups attached to an aromatic ring is 2. The Morgan fingerprint density at radius 2 is 1.29 bits per heavy atom. The van der Waals surface area contributed by atoms with Crippen LogP contribution in [-0.2, 0) is 4.79 Å². The van der Waals surface area contributed by atoms with Crippen molar-refractivity contribution < 1.29 is 13.6 Å². The molecular weight excluding hydrogens is 492 g/mol. The van der Waals surface area contributed by atoms with E-state index < -0.39 is 11.8 Å². The smallest absolute Gasteiger partial charge is 0.154 e. The molecule has 2 atom stereocenters. The molecule has 0 bridgehead atoms. The Labute approximate surface area is 176 Å². The predicted octanol–water partition coefficient (Wildman–Crippen LogP) is 5.13. The van der Waals surface area contributed by atoms with Gasteiger partial charge in [0.1, 0.15) is 20.7 Å². The van der Waals surface area contributed by atoms with Gasteiger partial charge >= 0.3 is 0 Å². The van der Waals surface area contributed by atoms with E-state index in [-0.39, 0.29) is 5.78 Å². The molecule has 0 saturated carbocycles. The molecule has 144 valence electrons. The second kappa shape index (κ2) is 6.89. The van der Waals surface area contributed by atoms with Gasteiger partial charge in [-0.15, -0.1) is 0 Å². The lowest BCUT2D eigenvalue weighted by Gasteiger charge is -2.14. The molecule has 4 aromatic rings. The average molecular weight is 508 g/mol. The maximum atomic E-state index is 13.2. The highest BCUT2D eigenvalue weighted by molar-refractivity contribution is 9.10. The Kier molecular flexibility index (Phi) is 4.67. The molecule has 4 rings (SSSR count). The summed E-state index contributed by atoms with van der Waals surface area (Å²) in [7, 11) is 0. The Balaban J connectivity index is 1.71. The molecule has 0 aliphatic carbocycles. The van der Waals surface area contributed by atoms with Gasteiger partial charge in [-0.1, -0.05) is 0 Å². The zero-order valence-electron chi connectivity index (χ0n) is 15.0. The number of rotatable bonds is 4. The minimum atomic E-state index is -0.585. The van der Waals surface area contributed by atoms with Gasteiger partial charge in [0.25, 0.3) is 0 Å². The van der Waals surface area contributed by atoms with E-state index in [4.69, 9.17) is 20.3 Å². The highest BCUT2D eigenvalue weighted by atomic mass is 79.9. The summed E-state index contributed by atoms with van der Waals surface area (Å²) in [6.45, 7) is 3.51. The summed E-state index contributed by atoms with van der Waals surface area (Å²) in [5.41, 5.74) is 14.4. The molecule has 4 N–H and O–H groups in total. The quantitative estimate of drug-likeness (QED) is 0.367. The van der Waals surface area contributed by atoms with Crippen LogP contribution in [0.2, 0.25) is 0 Å². The van der Waals surface area contributed by atoms with Gasteiger partial charge in [0, 0.05) is 10.8 Å². The fourth-order valence-corrected chi connectivity index (χ4v) is 3.97. The number of furan rings is 2. The monoisotopic (exact) mass is 506 g/mol. The third-order valence-electron chi connectivity index (χ3n) is 4.86. The van der Waals surface area contributed by atoms with Crippen LogP contribution in [-0.4, -0.2) is 15.8 Å². The first-order valence-electron chi connectivity index (χ1n) is 8.48. The van der Waals surface area contributed by atoms with E-state index in [0.717, 1.165) is 0 Å². The minimum Gasteiger partial charge on any atom is -0.456 e. The number of hydrogen-bond donors (Lipinski definition) is 2. The second-order valence-corrected chi connectivity index (χ2v) is 8.24. The fraction of sp³-hybridized carbons (Fsp3) is 0.211. The van der Waals surface area contributed by atoms with Gasteiger partial charge in [-0.2, -0.15) is 0 Å². The summed E-state index contributed by atoms with van der Waals surface area (Å²) in [6.07, 6.45) is 3.14. The molecule has 0 saturated heterocycles. The van der Waals surface area contributed by atoms with Crippen LogP contribution in [0.1, 0.15) is 37.2 Å². The largest absolute Gasteiger partial charge is 0.456 e. The van der Waals surface area contributed by atoms with Crippen molar-refractivity contribution in [1.82, 2.24) is 9.97 Å². The Hall–Kier alpha value is -2.39. The van der Waals surface area contributed by atoms with Crippen molar-refractivity contribution in [2.45, 2.75) is 25.7 Å². The molecule has 2 unspecified atom stereocenters. The summed E-state index contributed by atoms with van der Waals surface area (Å²) >= 11 is 6.63. The zero-order chi connectivity index (χ0) is 20.2. The average Bonchev–Trinajstić information content (AvgIpc) is 3.17. The van der Waals surface area contributed by atoms with Gasteiger partial charge in [0.15, 0.2) is 16.9 Å².